The van der Waals surface area contributed by atoms with Crippen LogP contribution in [0.5, 0.6) is 5.75 Å². The third kappa shape index (κ3) is 4.42. The molecule has 0 N–H and O–H groups in total. The van der Waals surface area contributed by atoms with Gasteiger partial charge in [0, 0.05) is 0 Å². The maximum atomic E-state index is 13.0. The van der Waals surface area contributed by atoms with Gasteiger partial charge in [0.25, 0.3) is 5.91 Å². The number of para-hydroxylation sites is 1. The molecule has 0 saturated carbocycles. The van der Waals surface area contributed by atoms with Crippen molar-refractivity contribution in [2.45, 2.75) is 13.5 Å². The summed E-state index contributed by atoms with van der Waals surface area (Å²) in [6.45, 7) is 2.48. The number of carbonyl (C=O) groups excluding carboxylic acids is 1. The molecule has 3 aromatic rings. The number of amides is 1. The highest BCUT2D eigenvalue weighted by molar-refractivity contribution is 8.27. The molecule has 0 aliphatic carbocycles. The fourth-order valence-electron chi connectivity index (χ4n) is 3.08. The van der Waals surface area contributed by atoms with Crippen LogP contribution in [0, 0.1) is 6.92 Å². The SMILES string of the molecule is Cc1ccccc1N1C(=O)/C(=C\c2cccc(OCc3ccccc3)c2)SC1=S. The number of benzene rings is 3. The van der Waals surface area contributed by atoms with Crippen LogP contribution in [0.15, 0.2) is 83.8 Å². The van der Waals surface area contributed by atoms with E-state index < -0.39 is 0 Å². The van der Waals surface area contributed by atoms with Crippen molar-refractivity contribution in [2.75, 3.05) is 4.90 Å². The van der Waals surface area contributed by atoms with E-state index in [1.807, 2.05) is 91.9 Å². The van der Waals surface area contributed by atoms with Crippen LogP contribution in [0.4, 0.5) is 5.69 Å². The molecule has 1 aliphatic heterocycles. The number of thiocarbonyl (C=S) groups is 1. The molecule has 1 aliphatic rings. The van der Waals surface area contributed by atoms with Crippen molar-refractivity contribution in [3.05, 3.63) is 100 Å². The van der Waals surface area contributed by atoms with Crippen LogP contribution in [0.25, 0.3) is 6.08 Å². The monoisotopic (exact) mass is 417 g/mol. The van der Waals surface area contributed by atoms with Gasteiger partial charge in [-0.15, -0.1) is 0 Å². The Kier molecular flexibility index (Phi) is 5.79. The molecule has 0 unspecified atom stereocenters. The molecule has 0 spiro atoms. The Morgan fingerprint density at radius 1 is 1.00 bits per heavy atom. The van der Waals surface area contributed by atoms with E-state index >= 15 is 0 Å². The van der Waals surface area contributed by atoms with Crippen molar-refractivity contribution in [1.82, 2.24) is 0 Å². The van der Waals surface area contributed by atoms with Crippen LogP contribution in [0.1, 0.15) is 16.7 Å². The first-order valence-corrected chi connectivity index (χ1v) is 10.4. The van der Waals surface area contributed by atoms with Crippen LogP contribution in [0.3, 0.4) is 0 Å². The molecule has 29 heavy (non-hydrogen) atoms. The molecule has 4 rings (SSSR count). The Morgan fingerprint density at radius 2 is 1.76 bits per heavy atom. The quantitative estimate of drug-likeness (QED) is 0.377. The largest absolute Gasteiger partial charge is 0.489 e. The van der Waals surface area contributed by atoms with Crippen LogP contribution in [-0.2, 0) is 11.4 Å². The molecule has 1 fully saturated rings. The number of hydrogen-bond donors (Lipinski definition) is 0. The van der Waals surface area contributed by atoms with Crippen LogP contribution >= 0.6 is 24.0 Å². The Morgan fingerprint density at radius 3 is 2.55 bits per heavy atom. The van der Waals surface area contributed by atoms with Crippen molar-refractivity contribution in [2.24, 2.45) is 0 Å². The van der Waals surface area contributed by atoms with Gasteiger partial charge >= 0.3 is 0 Å². The number of carbonyl (C=O) groups is 1. The Balaban J connectivity index is 1.53. The van der Waals surface area contributed by atoms with E-state index in [1.165, 1.54) is 11.8 Å². The third-order valence-electron chi connectivity index (χ3n) is 4.55. The normalized spacial score (nSPS) is 15.2. The number of ether oxygens (including phenoxy) is 1. The summed E-state index contributed by atoms with van der Waals surface area (Å²) in [7, 11) is 0. The van der Waals surface area contributed by atoms with Crippen molar-refractivity contribution in [3.8, 4) is 5.75 Å². The Hall–Kier alpha value is -2.89. The predicted octanol–water partition coefficient (Wildman–Crippen LogP) is 5.98. The zero-order valence-corrected chi connectivity index (χ0v) is 17.5. The molecule has 0 bridgehead atoms. The molecule has 3 nitrogen and oxygen atoms in total. The van der Waals surface area contributed by atoms with Gasteiger partial charge < -0.3 is 4.74 Å². The molecule has 1 amide bonds. The third-order valence-corrected chi connectivity index (χ3v) is 5.86. The van der Waals surface area contributed by atoms with Gasteiger partial charge in [0.2, 0.25) is 0 Å². The molecule has 144 valence electrons. The summed E-state index contributed by atoms with van der Waals surface area (Å²) in [5.74, 6) is 0.668. The topological polar surface area (TPSA) is 29.5 Å². The van der Waals surface area contributed by atoms with E-state index in [-0.39, 0.29) is 5.91 Å². The number of thioether (sulfide) groups is 1. The van der Waals surface area contributed by atoms with Crippen LogP contribution < -0.4 is 9.64 Å². The summed E-state index contributed by atoms with van der Waals surface area (Å²) in [5.41, 5.74) is 3.86. The highest BCUT2D eigenvalue weighted by atomic mass is 32.2. The zero-order valence-electron chi connectivity index (χ0n) is 15.9. The molecule has 0 atom stereocenters. The molecule has 1 saturated heterocycles. The van der Waals surface area contributed by atoms with Gasteiger partial charge in [-0.2, -0.15) is 0 Å². The Bertz CT molecular complexity index is 1090. The lowest BCUT2D eigenvalue weighted by Gasteiger charge is -2.16. The smallest absolute Gasteiger partial charge is 0.270 e. The summed E-state index contributed by atoms with van der Waals surface area (Å²) in [5, 5.41) is 0. The second-order valence-electron chi connectivity index (χ2n) is 6.65. The molecule has 3 aromatic carbocycles. The minimum absolute atomic E-state index is 0.0927. The van der Waals surface area contributed by atoms with Gasteiger partial charge in [0.1, 0.15) is 12.4 Å². The van der Waals surface area contributed by atoms with E-state index in [0.717, 1.165) is 28.1 Å². The first-order chi connectivity index (χ1) is 14.1. The van der Waals surface area contributed by atoms with E-state index in [1.54, 1.807) is 4.90 Å². The number of anilines is 1. The molecule has 0 radical (unpaired) electrons. The minimum Gasteiger partial charge on any atom is -0.489 e. The highest BCUT2D eigenvalue weighted by Gasteiger charge is 2.33. The molecular weight excluding hydrogens is 398 g/mol. The summed E-state index contributed by atoms with van der Waals surface area (Å²) in [4.78, 5) is 15.2. The van der Waals surface area contributed by atoms with E-state index in [9.17, 15) is 4.79 Å². The second kappa shape index (κ2) is 8.64. The minimum atomic E-state index is -0.0927. The molecule has 1 heterocycles. The van der Waals surface area contributed by atoms with Gasteiger partial charge in [0.15, 0.2) is 4.32 Å². The van der Waals surface area contributed by atoms with Gasteiger partial charge in [-0.05, 0) is 47.9 Å². The predicted molar refractivity (Wildman–Crippen MR) is 124 cm³/mol. The van der Waals surface area contributed by atoms with Crippen molar-refractivity contribution >= 4 is 46.0 Å². The van der Waals surface area contributed by atoms with Crippen molar-refractivity contribution in [3.63, 3.8) is 0 Å². The second-order valence-corrected chi connectivity index (χ2v) is 8.33. The van der Waals surface area contributed by atoms with E-state index in [4.69, 9.17) is 17.0 Å². The van der Waals surface area contributed by atoms with Gasteiger partial charge in [-0.25, -0.2) is 0 Å². The summed E-state index contributed by atoms with van der Waals surface area (Å²) < 4.78 is 6.44. The first-order valence-electron chi connectivity index (χ1n) is 9.22. The van der Waals surface area contributed by atoms with Crippen molar-refractivity contribution in [1.29, 1.82) is 0 Å². The fraction of sp³-hybridized carbons (Fsp3) is 0.0833. The maximum Gasteiger partial charge on any atom is 0.270 e. The van der Waals surface area contributed by atoms with Crippen LogP contribution in [-0.4, -0.2) is 10.2 Å². The number of rotatable bonds is 5. The average Bonchev–Trinajstić information content (AvgIpc) is 3.01. The zero-order chi connectivity index (χ0) is 20.2. The van der Waals surface area contributed by atoms with Crippen LogP contribution in [0.2, 0.25) is 0 Å². The summed E-state index contributed by atoms with van der Waals surface area (Å²) >= 11 is 6.80. The average molecular weight is 418 g/mol. The first kappa shape index (κ1) is 19.4. The number of aryl methyl sites for hydroxylation is 1. The molecule has 0 aromatic heterocycles. The lowest BCUT2D eigenvalue weighted by molar-refractivity contribution is -0.113. The molecule has 5 heteroatoms. The van der Waals surface area contributed by atoms with Gasteiger partial charge in [-0.3, -0.25) is 9.69 Å². The summed E-state index contributed by atoms with van der Waals surface area (Å²) in [6, 6.07) is 25.5. The lowest BCUT2D eigenvalue weighted by Crippen LogP contribution is -2.28. The summed E-state index contributed by atoms with van der Waals surface area (Å²) in [6.07, 6.45) is 1.87. The molecular formula is C24H19NO2S2. The number of hydrogen-bond acceptors (Lipinski definition) is 4. The standard InChI is InChI=1S/C24H19NO2S2/c1-17-8-5-6-13-21(17)25-23(26)22(29-24(25)28)15-19-11-7-12-20(14-19)27-16-18-9-3-2-4-10-18/h2-15H,16H2,1H3/b22-15+. The fourth-order valence-corrected chi connectivity index (χ4v) is 4.36. The Labute approximate surface area is 180 Å². The number of nitrogens with zero attached hydrogens (tertiary/aromatic N) is 1. The van der Waals surface area contributed by atoms with Gasteiger partial charge in [0.05, 0.1) is 10.6 Å². The lowest BCUT2D eigenvalue weighted by atomic mass is 10.1. The maximum absolute atomic E-state index is 13.0. The van der Waals surface area contributed by atoms with Crippen molar-refractivity contribution < 1.29 is 9.53 Å². The van der Waals surface area contributed by atoms with E-state index in [2.05, 4.69) is 0 Å². The van der Waals surface area contributed by atoms with E-state index in [0.29, 0.717) is 15.8 Å². The highest BCUT2D eigenvalue weighted by Crippen LogP contribution is 2.37. The van der Waals surface area contributed by atoms with Gasteiger partial charge in [-0.1, -0.05) is 84.6 Å².